The number of hydrogen-bond acceptors (Lipinski definition) is 5. The Labute approximate surface area is 318 Å². The third-order valence-electron chi connectivity index (χ3n) is 10.8. The van der Waals surface area contributed by atoms with Crippen molar-refractivity contribution in [1.82, 2.24) is 19.9 Å². The van der Waals surface area contributed by atoms with Crippen LogP contribution in [0.3, 0.4) is 0 Å². The Kier molecular flexibility index (Phi) is 7.49. The Morgan fingerprint density at radius 2 is 0.982 bits per heavy atom. The summed E-state index contributed by atoms with van der Waals surface area (Å²) in [6, 6.07) is 63.1. The molecule has 0 radical (unpaired) electrons. The minimum Gasteiger partial charge on any atom is -0.435 e. The van der Waals surface area contributed by atoms with Gasteiger partial charge in [0, 0.05) is 22.1 Å². The molecule has 260 valence electrons. The van der Waals surface area contributed by atoms with Crippen LogP contribution < -0.4 is 0 Å². The van der Waals surface area contributed by atoms with E-state index in [-0.39, 0.29) is 7.43 Å². The van der Waals surface area contributed by atoms with E-state index in [4.69, 9.17) is 24.4 Å². The molecular formula is C50H34N4O. The molecule has 0 unspecified atom stereocenters. The van der Waals surface area contributed by atoms with Crippen molar-refractivity contribution in [3.8, 4) is 45.4 Å². The molecule has 0 fully saturated rings. The number of benzene rings is 8. The normalized spacial score (nSPS) is 12.7. The fourth-order valence-electron chi connectivity index (χ4n) is 8.36. The summed E-state index contributed by atoms with van der Waals surface area (Å²) in [6.07, 6.45) is 0. The van der Waals surface area contributed by atoms with Crippen molar-refractivity contribution >= 4 is 32.6 Å². The van der Waals surface area contributed by atoms with E-state index in [1.807, 2.05) is 54.6 Å². The zero-order valence-electron chi connectivity index (χ0n) is 29.0. The van der Waals surface area contributed by atoms with E-state index in [1.165, 1.54) is 11.1 Å². The standard InChI is InChI=1S/C49H30N4O.CH4/c1-4-14-33(15-5-1)45-51-46(53-48(52-45)49(36-18-8-3-9-19-36)40-22-12-10-20-37(40)38-21-11-13-23-41(38)49)35-27-25-31-24-26-32-28-29-42-44(43(32)39(31)30-35)54-47(50-42)34-16-6-2-7-17-34;/h1-30H;1H4. The number of nitrogens with zero attached hydrogens (tertiary/aromatic N) is 4. The molecule has 0 saturated carbocycles. The lowest BCUT2D eigenvalue weighted by Crippen LogP contribution is -2.31. The highest BCUT2D eigenvalue weighted by molar-refractivity contribution is 6.18. The van der Waals surface area contributed by atoms with Gasteiger partial charge in [-0.2, -0.15) is 0 Å². The van der Waals surface area contributed by atoms with Crippen LogP contribution in [-0.2, 0) is 5.41 Å². The largest absolute Gasteiger partial charge is 0.435 e. The Hall–Kier alpha value is -7.24. The predicted octanol–water partition coefficient (Wildman–Crippen LogP) is 12.3. The zero-order chi connectivity index (χ0) is 35.6. The lowest BCUT2D eigenvalue weighted by atomic mass is 9.71. The zero-order valence-corrected chi connectivity index (χ0v) is 29.0. The Morgan fingerprint density at radius 1 is 0.436 bits per heavy atom. The lowest BCUT2D eigenvalue weighted by molar-refractivity contribution is 0.623. The van der Waals surface area contributed by atoms with Crippen LogP contribution in [0.1, 0.15) is 29.9 Å². The van der Waals surface area contributed by atoms with E-state index in [1.54, 1.807) is 0 Å². The van der Waals surface area contributed by atoms with Crippen molar-refractivity contribution in [3.05, 3.63) is 205 Å². The van der Waals surface area contributed by atoms with E-state index in [9.17, 15) is 0 Å². The second kappa shape index (κ2) is 12.7. The minimum absolute atomic E-state index is 0. The molecule has 5 nitrogen and oxygen atoms in total. The van der Waals surface area contributed by atoms with Gasteiger partial charge in [0.05, 0.1) is 0 Å². The van der Waals surface area contributed by atoms with Crippen molar-refractivity contribution in [2.24, 2.45) is 0 Å². The molecule has 5 heteroatoms. The number of aromatic nitrogens is 4. The first kappa shape index (κ1) is 32.4. The van der Waals surface area contributed by atoms with Gasteiger partial charge in [0.15, 0.2) is 23.1 Å². The summed E-state index contributed by atoms with van der Waals surface area (Å²) in [7, 11) is 0. The molecule has 0 spiro atoms. The summed E-state index contributed by atoms with van der Waals surface area (Å²) in [4.78, 5) is 21.0. The van der Waals surface area contributed by atoms with Gasteiger partial charge in [-0.15, -0.1) is 0 Å². The highest BCUT2D eigenvalue weighted by Gasteiger charge is 2.48. The monoisotopic (exact) mass is 706 g/mol. The van der Waals surface area contributed by atoms with Crippen LogP contribution >= 0.6 is 0 Å². The molecule has 0 atom stereocenters. The second-order valence-electron chi connectivity index (χ2n) is 13.8. The average Bonchev–Trinajstić information content (AvgIpc) is 3.83. The maximum atomic E-state index is 6.56. The quantitative estimate of drug-likeness (QED) is 0.167. The van der Waals surface area contributed by atoms with Gasteiger partial charge in [-0.3, -0.25) is 0 Å². The minimum atomic E-state index is -0.779. The van der Waals surface area contributed by atoms with Gasteiger partial charge in [0.1, 0.15) is 10.9 Å². The molecular weight excluding hydrogens is 673 g/mol. The maximum Gasteiger partial charge on any atom is 0.227 e. The topological polar surface area (TPSA) is 64.7 Å². The molecule has 55 heavy (non-hydrogen) atoms. The molecule has 0 N–H and O–H groups in total. The van der Waals surface area contributed by atoms with Gasteiger partial charge in [-0.1, -0.05) is 165 Å². The predicted molar refractivity (Wildman–Crippen MR) is 223 cm³/mol. The summed E-state index contributed by atoms with van der Waals surface area (Å²) >= 11 is 0. The summed E-state index contributed by atoms with van der Waals surface area (Å²) in [6.45, 7) is 0. The van der Waals surface area contributed by atoms with Gasteiger partial charge in [-0.05, 0) is 68.2 Å². The molecule has 10 aromatic rings. The fraction of sp³-hybridized carbons (Fsp3) is 0.0400. The van der Waals surface area contributed by atoms with Crippen LogP contribution in [0.2, 0.25) is 0 Å². The molecule has 1 aliphatic carbocycles. The number of fused-ring (bicyclic) bond motifs is 8. The fourth-order valence-corrected chi connectivity index (χ4v) is 8.36. The van der Waals surface area contributed by atoms with Crippen LogP contribution in [0.5, 0.6) is 0 Å². The van der Waals surface area contributed by atoms with E-state index in [2.05, 4.69) is 127 Å². The lowest BCUT2D eigenvalue weighted by Gasteiger charge is -2.32. The van der Waals surface area contributed by atoms with Gasteiger partial charge >= 0.3 is 0 Å². The van der Waals surface area contributed by atoms with E-state index < -0.39 is 5.41 Å². The van der Waals surface area contributed by atoms with Crippen molar-refractivity contribution in [1.29, 1.82) is 0 Å². The summed E-state index contributed by atoms with van der Waals surface area (Å²) < 4.78 is 6.56. The number of rotatable bonds is 5. The van der Waals surface area contributed by atoms with Gasteiger partial charge in [-0.25, -0.2) is 19.9 Å². The van der Waals surface area contributed by atoms with Crippen molar-refractivity contribution in [2.45, 2.75) is 12.8 Å². The molecule has 0 amide bonds. The van der Waals surface area contributed by atoms with Crippen LogP contribution in [-0.4, -0.2) is 19.9 Å². The molecule has 0 saturated heterocycles. The van der Waals surface area contributed by atoms with Gasteiger partial charge < -0.3 is 4.42 Å². The van der Waals surface area contributed by atoms with E-state index >= 15 is 0 Å². The highest BCUT2D eigenvalue weighted by Crippen LogP contribution is 2.55. The van der Waals surface area contributed by atoms with Crippen LogP contribution in [0.25, 0.3) is 78.0 Å². The van der Waals surface area contributed by atoms with E-state index in [0.717, 1.165) is 66.0 Å². The van der Waals surface area contributed by atoms with Crippen molar-refractivity contribution in [3.63, 3.8) is 0 Å². The van der Waals surface area contributed by atoms with E-state index in [0.29, 0.717) is 23.4 Å². The molecule has 2 heterocycles. The number of oxazole rings is 1. The van der Waals surface area contributed by atoms with Crippen LogP contribution in [0.15, 0.2) is 186 Å². The Bertz CT molecular complexity index is 3000. The van der Waals surface area contributed by atoms with Crippen molar-refractivity contribution in [2.75, 3.05) is 0 Å². The SMILES string of the molecule is C.c1ccc(-c2nc(-c3ccc4ccc5ccc6nc(-c7ccccc7)oc6c5c4c3)nc(C3(c4ccccc4)c4ccccc4-c4ccccc43)n2)cc1. The van der Waals surface area contributed by atoms with Gasteiger partial charge in [0.2, 0.25) is 5.89 Å². The molecule has 0 aliphatic heterocycles. The first-order chi connectivity index (χ1) is 26.8. The average molecular weight is 707 g/mol. The summed E-state index contributed by atoms with van der Waals surface area (Å²) in [5.74, 6) is 2.50. The van der Waals surface area contributed by atoms with Crippen LogP contribution in [0.4, 0.5) is 0 Å². The molecule has 8 aromatic carbocycles. The molecule has 11 rings (SSSR count). The molecule has 2 aromatic heterocycles. The summed E-state index contributed by atoms with van der Waals surface area (Å²) in [5, 5.41) is 4.22. The third-order valence-corrected chi connectivity index (χ3v) is 10.8. The Balaban J connectivity index is 0.00000372. The summed E-state index contributed by atoms with van der Waals surface area (Å²) in [5.41, 5.74) is 9.33. The maximum absolute atomic E-state index is 6.56. The third kappa shape index (κ3) is 4.94. The molecule has 0 bridgehead atoms. The second-order valence-corrected chi connectivity index (χ2v) is 13.8. The van der Waals surface area contributed by atoms with Crippen molar-refractivity contribution < 1.29 is 4.42 Å². The van der Waals surface area contributed by atoms with Crippen LogP contribution in [0, 0.1) is 0 Å². The smallest absolute Gasteiger partial charge is 0.227 e. The Morgan fingerprint density at radius 3 is 1.67 bits per heavy atom. The first-order valence-electron chi connectivity index (χ1n) is 18.1. The highest BCUT2D eigenvalue weighted by atomic mass is 16.3. The first-order valence-corrected chi connectivity index (χ1v) is 18.1. The number of hydrogen-bond donors (Lipinski definition) is 0. The molecule has 1 aliphatic rings. The van der Waals surface area contributed by atoms with Gasteiger partial charge in [0.25, 0.3) is 0 Å².